The lowest BCUT2D eigenvalue weighted by Crippen LogP contribution is -2.42. The Labute approximate surface area is 183 Å². The molecule has 0 aromatic heterocycles. The number of para-hydroxylation sites is 1. The van der Waals surface area contributed by atoms with Crippen LogP contribution in [-0.2, 0) is 4.79 Å². The van der Waals surface area contributed by atoms with Gasteiger partial charge in [0.25, 0.3) is 11.8 Å². The molecule has 0 aliphatic carbocycles. The van der Waals surface area contributed by atoms with Gasteiger partial charge in [0.1, 0.15) is 0 Å². The summed E-state index contributed by atoms with van der Waals surface area (Å²) in [6.07, 6.45) is 1.60. The molecule has 0 fully saturated rings. The van der Waals surface area contributed by atoms with E-state index < -0.39 is 18.4 Å². The summed E-state index contributed by atoms with van der Waals surface area (Å²) in [5.41, 5.74) is 3.00. The molecule has 1 heterocycles. The number of carbonyl (C=O) groups is 2. The molecule has 162 valence electrons. The molecule has 3 aromatic carbocycles. The highest BCUT2D eigenvalue weighted by atomic mass is 19.3. The lowest BCUT2D eigenvalue weighted by atomic mass is 9.91. The second-order valence-corrected chi connectivity index (χ2v) is 7.12. The number of hydrogen-bond donors (Lipinski definition) is 0. The lowest BCUT2D eigenvalue weighted by molar-refractivity contribution is -0.112. The molecule has 0 saturated carbocycles. The molecule has 0 bridgehead atoms. The van der Waals surface area contributed by atoms with Crippen LogP contribution in [0.4, 0.5) is 14.5 Å². The standard InChI is InChI=1S/C25H19F2NO4/c1-15-7-3-6-10-20(15)28-23(29)18-9-5-4-8-17(18)19(24(28)30)13-16-11-12-21(32-25(26)27)22(14-16)31-2/h3-14,25H,1-2H3/b19-13+. The number of hydrogen-bond acceptors (Lipinski definition) is 4. The van der Waals surface area contributed by atoms with E-state index in [-0.39, 0.29) is 11.5 Å². The number of aryl methyl sites for hydroxylation is 1. The van der Waals surface area contributed by atoms with Crippen LogP contribution in [0.15, 0.2) is 66.7 Å². The largest absolute Gasteiger partial charge is 0.493 e. The molecule has 4 rings (SSSR count). The number of benzene rings is 3. The van der Waals surface area contributed by atoms with Gasteiger partial charge in [-0.05, 0) is 54.0 Å². The van der Waals surface area contributed by atoms with Crippen molar-refractivity contribution in [3.63, 3.8) is 0 Å². The first-order valence-electron chi connectivity index (χ1n) is 9.79. The Bertz CT molecular complexity index is 1240. The van der Waals surface area contributed by atoms with Gasteiger partial charge in [0.15, 0.2) is 11.5 Å². The van der Waals surface area contributed by atoms with E-state index in [4.69, 9.17) is 4.74 Å². The van der Waals surface area contributed by atoms with Crippen LogP contribution in [0, 0.1) is 6.92 Å². The molecule has 0 saturated heterocycles. The maximum absolute atomic E-state index is 13.5. The van der Waals surface area contributed by atoms with Crippen molar-refractivity contribution in [1.82, 2.24) is 0 Å². The smallest absolute Gasteiger partial charge is 0.387 e. The van der Waals surface area contributed by atoms with Gasteiger partial charge in [0.2, 0.25) is 0 Å². The highest BCUT2D eigenvalue weighted by Crippen LogP contribution is 2.36. The van der Waals surface area contributed by atoms with Gasteiger partial charge in [-0.2, -0.15) is 8.78 Å². The number of imide groups is 1. The maximum Gasteiger partial charge on any atom is 0.387 e. The number of halogens is 2. The maximum atomic E-state index is 13.5. The Morgan fingerprint density at radius 2 is 1.56 bits per heavy atom. The third-order valence-corrected chi connectivity index (χ3v) is 5.16. The zero-order chi connectivity index (χ0) is 22.8. The normalized spacial score (nSPS) is 14.7. The van der Waals surface area contributed by atoms with Crippen molar-refractivity contribution in [2.75, 3.05) is 12.0 Å². The molecule has 0 N–H and O–H groups in total. The van der Waals surface area contributed by atoms with Gasteiger partial charge >= 0.3 is 6.61 Å². The first-order chi connectivity index (χ1) is 15.4. The van der Waals surface area contributed by atoms with E-state index in [1.807, 2.05) is 19.1 Å². The molecular formula is C25H19F2NO4. The van der Waals surface area contributed by atoms with Crippen molar-refractivity contribution in [2.24, 2.45) is 0 Å². The molecule has 0 spiro atoms. The first kappa shape index (κ1) is 21.2. The minimum absolute atomic E-state index is 0.100. The Hall–Kier alpha value is -4.00. The summed E-state index contributed by atoms with van der Waals surface area (Å²) in [7, 11) is 1.34. The summed E-state index contributed by atoms with van der Waals surface area (Å²) in [6, 6.07) is 18.4. The summed E-state index contributed by atoms with van der Waals surface area (Å²) < 4.78 is 34.9. The van der Waals surface area contributed by atoms with Crippen LogP contribution in [-0.4, -0.2) is 25.5 Å². The van der Waals surface area contributed by atoms with Gasteiger partial charge in [-0.25, -0.2) is 4.90 Å². The van der Waals surface area contributed by atoms with Crippen molar-refractivity contribution in [2.45, 2.75) is 13.5 Å². The number of alkyl halides is 2. The van der Waals surface area contributed by atoms with Gasteiger partial charge in [0.05, 0.1) is 12.8 Å². The van der Waals surface area contributed by atoms with Gasteiger partial charge in [0, 0.05) is 11.1 Å². The van der Waals surface area contributed by atoms with Crippen molar-refractivity contribution >= 4 is 29.2 Å². The molecule has 0 unspecified atom stereocenters. The topological polar surface area (TPSA) is 55.8 Å². The molecule has 7 heteroatoms. The van der Waals surface area contributed by atoms with E-state index in [0.29, 0.717) is 28.0 Å². The third-order valence-electron chi connectivity index (χ3n) is 5.16. The van der Waals surface area contributed by atoms with Crippen LogP contribution >= 0.6 is 0 Å². The van der Waals surface area contributed by atoms with Crippen LogP contribution in [0.2, 0.25) is 0 Å². The summed E-state index contributed by atoms with van der Waals surface area (Å²) in [4.78, 5) is 27.9. The molecule has 3 aromatic rings. The molecule has 1 aliphatic rings. The van der Waals surface area contributed by atoms with Crippen LogP contribution in [0.1, 0.15) is 27.0 Å². The zero-order valence-corrected chi connectivity index (χ0v) is 17.3. The lowest BCUT2D eigenvalue weighted by Gasteiger charge is -2.29. The molecule has 0 radical (unpaired) electrons. The Kier molecular flexibility index (Phi) is 5.73. The van der Waals surface area contributed by atoms with Crippen molar-refractivity contribution in [3.8, 4) is 11.5 Å². The van der Waals surface area contributed by atoms with Crippen LogP contribution in [0.25, 0.3) is 11.6 Å². The zero-order valence-electron chi connectivity index (χ0n) is 17.3. The summed E-state index contributed by atoms with van der Waals surface area (Å²) in [6.45, 7) is -1.17. The second-order valence-electron chi connectivity index (χ2n) is 7.12. The van der Waals surface area contributed by atoms with Crippen molar-refractivity contribution < 1.29 is 27.8 Å². The Balaban J connectivity index is 1.85. The molecule has 1 aliphatic heterocycles. The highest BCUT2D eigenvalue weighted by Gasteiger charge is 2.36. The van der Waals surface area contributed by atoms with Gasteiger partial charge in [-0.1, -0.05) is 42.5 Å². The van der Waals surface area contributed by atoms with E-state index in [0.717, 1.165) is 10.5 Å². The fraction of sp³-hybridized carbons (Fsp3) is 0.120. The van der Waals surface area contributed by atoms with Crippen LogP contribution < -0.4 is 14.4 Å². The minimum atomic E-state index is -2.99. The number of anilines is 1. The SMILES string of the molecule is COc1cc(/C=C2/C(=O)N(c3ccccc3C)C(=O)c3ccccc32)ccc1OC(F)F. The molecular weight excluding hydrogens is 416 g/mol. The second kappa shape index (κ2) is 8.63. The molecule has 2 amide bonds. The van der Waals surface area contributed by atoms with E-state index in [9.17, 15) is 18.4 Å². The molecule has 0 atom stereocenters. The fourth-order valence-corrected chi connectivity index (χ4v) is 3.66. The minimum Gasteiger partial charge on any atom is -0.493 e. The van der Waals surface area contributed by atoms with E-state index in [1.54, 1.807) is 42.5 Å². The first-order valence-corrected chi connectivity index (χ1v) is 9.79. The van der Waals surface area contributed by atoms with Crippen LogP contribution in [0.3, 0.4) is 0 Å². The average molecular weight is 435 g/mol. The predicted molar refractivity (Wildman–Crippen MR) is 117 cm³/mol. The number of rotatable bonds is 5. The number of ether oxygens (including phenoxy) is 2. The number of fused-ring (bicyclic) bond motifs is 1. The van der Waals surface area contributed by atoms with Gasteiger partial charge in [-0.15, -0.1) is 0 Å². The van der Waals surface area contributed by atoms with Crippen molar-refractivity contribution in [1.29, 1.82) is 0 Å². The summed E-state index contributed by atoms with van der Waals surface area (Å²) in [5.74, 6) is -0.898. The van der Waals surface area contributed by atoms with E-state index in [1.165, 1.54) is 25.3 Å². The number of carbonyl (C=O) groups excluding carboxylic acids is 2. The molecule has 32 heavy (non-hydrogen) atoms. The van der Waals surface area contributed by atoms with Crippen LogP contribution in [0.5, 0.6) is 11.5 Å². The summed E-state index contributed by atoms with van der Waals surface area (Å²) in [5, 5.41) is 0. The monoisotopic (exact) mass is 435 g/mol. The predicted octanol–water partition coefficient (Wildman–Crippen LogP) is 5.33. The highest BCUT2D eigenvalue weighted by molar-refractivity contribution is 6.43. The Morgan fingerprint density at radius 3 is 2.25 bits per heavy atom. The number of amides is 2. The number of methoxy groups -OCH3 is 1. The van der Waals surface area contributed by atoms with E-state index >= 15 is 0 Å². The average Bonchev–Trinajstić information content (AvgIpc) is 2.78. The fourth-order valence-electron chi connectivity index (χ4n) is 3.66. The van der Waals surface area contributed by atoms with Crippen molar-refractivity contribution in [3.05, 3.63) is 89.0 Å². The number of nitrogens with zero attached hydrogens (tertiary/aromatic N) is 1. The van der Waals surface area contributed by atoms with Gasteiger partial charge in [-0.3, -0.25) is 9.59 Å². The third kappa shape index (κ3) is 3.85. The van der Waals surface area contributed by atoms with E-state index in [2.05, 4.69) is 4.74 Å². The molecule has 5 nitrogen and oxygen atoms in total. The Morgan fingerprint density at radius 1 is 0.875 bits per heavy atom. The quantitative estimate of drug-likeness (QED) is 0.401. The van der Waals surface area contributed by atoms with Gasteiger partial charge < -0.3 is 9.47 Å². The summed E-state index contributed by atoms with van der Waals surface area (Å²) >= 11 is 0.